The van der Waals surface area contributed by atoms with E-state index in [2.05, 4.69) is 53.4 Å². The number of allylic oxidation sites excluding steroid dienone is 1. The minimum Gasteiger partial charge on any atom is -0.392 e. The third-order valence-corrected chi connectivity index (χ3v) is 9.75. The standard InChI is InChI=1S/C26H50O3Si/c1-21(10-8-15-25(2,3)29-20-28-18-19-30(5,6)7)23-12-13-24-22(14-17-27)11-9-16-26(23,24)4/h14,21,23-24,27H,8-13,15-20H2,1-7H3/b22-14+/t21-,23-,24+,26-/m1/s1. The number of rotatable bonds is 12. The van der Waals surface area contributed by atoms with E-state index in [1.165, 1.54) is 51.0 Å². The number of hydrogen-bond acceptors (Lipinski definition) is 3. The Hall–Kier alpha value is -0.163. The molecule has 0 heterocycles. The first-order valence-electron chi connectivity index (χ1n) is 12.5. The normalized spacial score (nSPS) is 29.9. The predicted molar refractivity (Wildman–Crippen MR) is 130 cm³/mol. The Morgan fingerprint density at radius 2 is 2.00 bits per heavy atom. The van der Waals surface area contributed by atoms with E-state index in [9.17, 15) is 5.11 Å². The van der Waals surface area contributed by atoms with E-state index in [0.29, 0.717) is 18.1 Å². The molecular formula is C26H50O3Si. The Morgan fingerprint density at radius 1 is 1.27 bits per heavy atom. The van der Waals surface area contributed by atoms with Gasteiger partial charge in [0.05, 0.1) is 12.2 Å². The van der Waals surface area contributed by atoms with Gasteiger partial charge >= 0.3 is 0 Å². The van der Waals surface area contributed by atoms with Crippen LogP contribution in [0.5, 0.6) is 0 Å². The van der Waals surface area contributed by atoms with E-state index in [0.717, 1.165) is 24.9 Å². The van der Waals surface area contributed by atoms with Crippen molar-refractivity contribution in [3.63, 3.8) is 0 Å². The fourth-order valence-electron chi connectivity index (χ4n) is 6.14. The summed E-state index contributed by atoms with van der Waals surface area (Å²) in [6.07, 6.45) is 12.2. The molecule has 2 aliphatic carbocycles. The van der Waals surface area contributed by atoms with Crippen LogP contribution in [0.4, 0.5) is 0 Å². The molecule has 0 radical (unpaired) electrons. The van der Waals surface area contributed by atoms with Crippen LogP contribution in [0.1, 0.15) is 79.1 Å². The monoisotopic (exact) mass is 438 g/mol. The first kappa shape index (κ1) is 26.1. The van der Waals surface area contributed by atoms with Gasteiger partial charge in [-0.3, -0.25) is 0 Å². The lowest BCUT2D eigenvalue weighted by atomic mass is 9.60. The molecule has 0 amide bonds. The summed E-state index contributed by atoms with van der Waals surface area (Å²) in [6.45, 7) is 18.0. The van der Waals surface area contributed by atoms with Crippen LogP contribution in [-0.2, 0) is 9.47 Å². The summed E-state index contributed by atoms with van der Waals surface area (Å²) < 4.78 is 11.8. The number of hydrogen-bond donors (Lipinski definition) is 1. The summed E-state index contributed by atoms with van der Waals surface area (Å²) in [5.41, 5.74) is 1.88. The van der Waals surface area contributed by atoms with Gasteiger partial charge in [-0.25, -0.2) is 0 Å². The van der Waals surface area contributed by atoms with Crippen molar-refractivity contribution in [1.29, 1.82) is 0 Å². The largest absolute Gasteiger partial charge is 0.392 e. The van der Waals surface area contributed by atoms with Crippen LogP contribution in [0.15, 0.2) is 11.6 Å². The molecule has 2 aliphatic rings. The van der Waals surface area contributed by atoms with Crippen molar-refractivity contribution in [1.82, 2.24) is 0 Å². The number of aliphatic hydroxyl groups excluding tert-OH is 1. The highest BCUT2D eigenvalue weighted by molar-refractivity contribution is 6.76. The van der Waals surface area contributed by atoms with Crippen LogP contribution in [0.2, 0.25) is 25.7 Å². The van der Waals surface area contributed by atoms with Gasteiger partial charge in [0.15, 0.2) is 0 Å². The summed E-state index contributed by atoms with van der Waals surface area (Å²) in [5, 5.41) is 9.42. The van der Waals surface area contributed by atoms with Crippen molar-refractivity contribution in [2.75, 3.05) is 20.0 Å². The maximum absolute atomic E-state index is 9.42. The minimum atomic E-state index is -1.02. The molecule has 0 spiro atoms. The molecule has 0 unspecified atom stereocenters. The first-order valence-corrected chi connectivity index (χ1v) is 16.2. The molecule has 2 rings (SSSR count). The number of ether oxygens (including phenoxy) is 2. The van der Waals surface area contributed by atoms with E-state index in [4.69, 9.17) is 9.47 Å². The fourth-order valence-corrected chi connectivity index (χ4v) is 6.89. The highest BCUT2D eigenvalue weighted by Crippen LogP contribution is 2.59. The second-order valence-electron chi connectivity index (χ2n) is 12.2. The van der Waals surface area contributed by atoms with Crippen molar-refractivity contribution >= 4 is 8.07 Å². The van der Waals surface area contributed by atoms with E-state index in [1.807, 2.05) is 0 Å². The van der Waals surface area contributed by atoms with Gasteiger partial charge in [0.25, 0.3) is 0 Å². The molecule has 3 nitrogen and oxygen atoms in total. The Morgan fingerprint density at radius 3 is 2.67 bits per heavy atom. The molecule has 176 valence electrons. The molecule has 0 aliphatic heterocycles. The van der Waals surface area contributed by atoms with Crippen LogP contribution in [0.25, 0.3) is 0 Å². The Bertz CT molecular complexity index is 551. The average molecular weight is 439 g/mol. The van der Waals surface area contributed by atoms with Crippen molar-refractivity contribution in [3.05, 3.63) is 11.6 Å². The summed E-state index contributed by atoms with van der Waals surface area (Å²) in [4.78, 5) is 0. The van der Waals surface area contributed by atoms with Crippen molar-refractivity contribution in [3.8, 4) is 0 Å². The van der Waals surface area contributed by atoms with Crippen LogP contribution >= 0.6 is 0 Å². The Balaban J connectivity index is 1.75. The third-order valence-electron chi connectivity index (χ3n) is 8.05. The van der Waals surface area contributed by atoms with Gasteiger partial charge < -0.3 is 14.6 Å². The average Bonchev–Trinajstić information content (AvgIpc) is 2.98. The van der Waals surface area contributed by atoms with E-state index >= 15 is 0 Å². The predicted octanol–water partition coefficient (Wildman–Crippen LogP) is 7.04. The first-order chi connectivity index (χ1) is 14.0. The van der Waals surface area contributed by atoms with Gasteiger partial charge in [-0.15, -0.1) is 0 Å². The van der Waals surface area contributed by atoms with Gasteiger partial charge in [0, 0.05) is 14.7 Å². The highest BCUT2D eigenvalue weighted by atomic mass is 28.3. The van der Waals surface area contributed by atoms with Crippen molar-refractivity contribution in [2.24, 2.45) is 23.2 Å². The maximum atomic E-state index is 9.42. The van der Waals surface area contributed by atoms with Crippen LogP contribution in [0, 0.1) is 23.2 Å². The molecule has 2 fully saturated rings. The molecule has 0 aromatic heterocycles. The van der Waals surface area contributed by atoms with Crippen LogP contribution in [0.3, 0.4) is 0 Å². The SMILES string of the molecule is C[C@H](CCCC(C)(C)OCOCC[Si](C)(C)C)[C@H]1CC[C@H]2/C(=C/CO)CCC[C@]12C. The van der Waals surface area contributed by atoms with Gasteiger partial charge in [0.2, 0.25) is 0 Å². The van der Waals surface area contributed by atoms with Gasteiger partial charge in [-0.2, -0.15) is 0 Å². The third kappa shape index (κ3) is 7.46. The van der Waals surface area contributed by atoms with E-state index in [1.54, 1.807) is 5.57 Å². The minimum absolute atomic E-state index is 0.108. The molecule has 4 heteroatoms. The lowest BCUT2D eigenvalue weighted by Gasteiger charge is -2.44. The van der Waals surface area contributed by atoms with Gasteiger partial charge in [-0.05, 0) is 81.6 Å². The molecule has 30 heavy (non-hydrogen) atoms. The summed E-state index contributed by atoms with van der Waals surface area (Å²) in [5.74, 6) is 2.29. The number of aliphatic hydroxyl groups is 1. The van der Waals surface area contributed by atoms with Crippen molar-refractivity contribution in [2.45, 2.75) is 110 Å². The summed E-state index contributed by atoms with van der Waals surface area (Å²) in [6, 6.07) is 1.20. The number of fused-ring (bicyclic) bond motifs is 1. The van der Waals surface area contributed by atoms with Gasteiger partial charge in [-0.1, -0.05) is 58.0 Å². The highest BCUT2D eigenvalue weighted by Gasteiger charge is 2.50. The van der Waals surface area contributed by atoms with Crippen LogP contribution < -0.4 is 0 Å². The summed E-state index contributed by atoms with van der Waals surface area (Å²) in [7, 11) is -1.02. The zero-order valence-electron chi connectivity index (χ0n) is 21.1. The quantitative estimate of drug-likeness (QED) is 0.154. The molecule has 4 atom stereocenters. The molecule has 0 bridgehead atoms. The molecule has 2 saturated carbocycles. The smallest absolute Gasteiger partial charge is 0.147 e. The van der Waals surface area contributed by atoms with Gasteiger partial charge in [0.1, 0.15) is 6.79 Å². The molecule has 1 N–H and O–H groups in total. The second-order valence-corrected chi connectivity index (χ2v) is 17.8. The molecular weight excluding hydrogens is 388 g/mol. The van der Waals surface area contributed by atoms with E-state index < -0.39 is 8.07 Å². The zero-order chi connectivity index (χ0) is 22.4. The lowest BCUT2D eigenvalue weighted by molar-refractivity contribution is -0.128. The lowest BCUT2D eigenvalue weighted by Crippen LogP contribution is -2.36. The summed E-state index contributed by atoms with van der Waals surface area (Å²) >= 11 is 0. The molecule has 0 aromatic rings. The Labute approximate surface area is 188 Å². The topological polar surface area (TPSA) is 38.7 Å². The van der Waals surface area contributed by atoms with Crippen LogP contribution in [-0.4, -0.2) is 38.8 Å². The fraction of sp³-hybridized carbons (Fsp3) is 0.923. The molecule has 0 aromatic carbocycles. The second kappa shape index (κ2) is 11.1. The maximum Gasteiger partial charge on any atom is 0.147 e. The van der Waals surface area contributed by atoms with Crippen molar-refractivity contribution < 1.29 is 14.6 Å². The Kier molecular flexibility index (Phi) is 9.67. The van der Waals surface area contributed by atoms with E-state index in [-0.39, 0.29) is 12.2 Å². The molecule has 0 saturated heterocycles. The zero-order valence-corrected chi connectivity index (χ0v) is 22.1.